The van der Waals surface area contributed by atoms with Crippen molar-refractivity contribution in [2.45, 2.75) is 32.9 Å². The van der Waals surface area contributed by atoms with E-state index in [4.69, 9.17) is 0 Å². The summed E-state index contributed by atoms with van der Waals surface area (Å²) >= 11 is 1.76. The molecule has 0 aliphatic carbocycles. The Balaban J connectivity index is 1.77. The molecule has 0 radical (unpaired) electrons. The molecule has 0 unspecified atom stereocenters. The summed E-state index contributed by atoms with van der Waals surface area (Å²) in [6, 6.07) is 0. The van der Waals surface area contributed by atoms with Gasteiger partial charge < -0.3 is 4.90 Å². The Bertz CT molecular complexity index is 622. The van der Waals surface area contributed by atoms with Gasteiger partial charge in [-0.2, -0.15) is 0 Å². The molecule has 3 rings (SSSR count). The van der Waals surface area contributed by atoms with Crippen LogP contribution in [0.25, 0.3) is 0 Å². The average molecular weight is 303 g/mol. The van der Waals surface area contributed by atoms with Gasteiger partial charge in [-0.05, 0) is 6.42 Å². The summed E-state index contributed by atoms with van der Waals surface area (Å²) in [7, 11) is 4.07. The van der Waals surface area contributed by atoms with Gasteiger partial charge in [-0.1, -0.05) is 6.92 Å². The second kappa shape index (κ2) is 6.07. The second-order valence-corrected chi connectivity index (χ2v) is 6.51. The average Bonchev–Trinajstić information content (AvgIpc) is 2.94. The van der Waals surface area contributed by atoms with Gasteiger partial charge in [-0.25, -0.2) is 15.0 Å². The summed E-state index contributed by atoms with van der Waals surface area (Å²) in [4.78, 5) is 18.0. The number of rotatable bonds is 4. The van der Waals surface area contributed by atoms with E-state index in [0.29, 0.717) is 0 Å². The summed E-state index contributed by atoms with van der Waals surface area (Å²) in [5.41, 5.74) is 3.64. The van der Waals surface area contributed by atoms with E-state index >= 15 is 0 Å². The molecule has 0 aromatic carbocycles. The minimum Gasteiger partial charge on any atom is -0.362 e. The lowest BCUT2D eigenvalue weighted by Gasteiger charge is -2.29. The van der Waals surface area contributed by atoms with Gasteiger partial charge in [-0.3, -0.25) is 4.90 Å². The Morgan fingerprint density at radius 3 is 2.90 bits per heavy atom. The molecule has 1 aliphatic heterocycles. The highest BCUT2D eigenvalue weighted by atomic mass is 32.1. The fourth-order valence-electron chi connectivity index (χ4n) is 2.72. The molecule has 6 heteroatoms. The fourth-order valence-corrected chi connectivity index (χ4v) is 3.45. The first-order valence-electron chi connectivity index (χ1n) is 7.33. The van der Waals surface area contributed by atoms with Crippen LogP contribution in [0.3, 0.4) is 0 Å². The van der Waals surface area contributed by atoms with E-state index in [2.05, 4.69) is 37.1 Å². The molecule has 0 fully saturated rings. The molecular weight excluding hydrogens is 282 g/mol. The third-order valence-electron chi connectivity index (χ3n) is 3.77. The molecule has 0 N–H and O–H groups in total. The van der Waals surface area contributed by atoms with E-state index < -0.39 is 0 Å². The standard InChI is InChI=1S/C15H21N5S/c1-4-14-18-11(9-21-14)7-20-6-5-13-12(8-20)15(19(2)3)17-10-16-13/h9-10H,4-8H2,1-3H3. The zero-order chi connectivity index (χ0) is 14.8. The zero-order valence-electron chi connectivity index (χ0n) is 12.8. The van der Waals surface area contributed by atoms with Crippen molar-refractivity contribution < 1.29 is 0 Å². The van der Waals surface area contributed by atoms with Crippen molar-refractivity contribution >= 4 is 17.2 Å². The molecule has 0 saturated carbocycles. The number of aryl methyl sites for hydroxylation is 1. The molecule has 0 spiro atoms. The number of fused-ring (bicyclic) bond motifs is 1. The van der Waals surface area contributed by atoms with E-state index in [1.54, 1.807) is 17.7 Å². The van der Waals surface area contributed by atoms with Crippen LogP contribution >= 0.6 is 11.3 Å². The molecule has 1 aliphatic rings. The lowest BCUT2D eigenvalue weighted by Crippen LogP contribution is -2.32. The topological polar surface area (TPSA) is 45.2 Å². The van der Waals surface area contributed by atoms with Crippen molar-refractivity contribution in [3.8, 4) is 0 Å². The monoisotopic (exact) mass is 303 g/mol. The Labute approximate surface area is 129 Å². The van der Waals surface area contributed by atoms with Crippen molar-refractivity contribution in [3.05, 3.63) is 33.7 Å². The quantitative estimate of drug-likeness (QED) is 0.866. The van der Waals surface area contributed by atoms with Crippen LogP contribution < -0.4 is 4.90 Å². The smallest absolute Gasteiger partial charge is 0.136 e. The normalized spacial score (nSPS) is 15.0. The predicted octanol–water partition coefficient (Wildman–Crippen LogP) is 2.12. The number of hydrogen-bond acceptors (Lipinski definition) is 6. The SMILES string of the molecule is CCc1nc(CN2CCc3ncnc(N(C)C)c3C2)cs1. The molecule has 3 heterocycles. The zero-order valence-corrected chi connectivity index (χ0v) is 13.7. The minimum atomic E-state index is 0.905. The highest BCUT2D eigenvalue weighted by Crippen LogP contribution is 2.25. The molecule has 0 amide bonds. The maximum absolute atomic E-state index is 4.67. The van der Waals surface area contributed by atoms with E-state index in [0.717, 1.165) is 38.3 Å². The maximum atomic E-state index is 4.67. The number of hydrogen-bond donors (Lipinski definition) is 0. The Morgan fingerprint density at radius 2 is 2.19 bits per heavy atom. The summed E-state index contributed by atoms with van der Waals surface area (Å²) in [6.45, 7) is 5.01. The van der Waals surface area contributed by atoms with Crippen molar-refractivity contribution in [1.29, 1.82) is 0 Å². The van der Waals surface area contributed by atoms with Crippen LogP contribution in [0.2, 0.25) is 0 Å². The lowest BCUT2D eigenvalue weighted by molar-refractivity contribution is 0.240. The second-order valence-electron chi connectivity index (χ2n) is 5.56. The third-order valence-corrected chi connectivity index (χ3v) is 4.81. The van der Waals surface area contributed by atoms with Gasteiger partial charge in [0, 0.05) is 51.1 Å². The molecule has 0 atom stereocenters. The highest BCUT2D eigenvalue weighted by molar-refractivity contribution is 7.09. The van der Waals surface area contributed by atoms with Gasteiger partial charge in [-0.15, -0.1) is 11.3 Å². The number of nitrogens with zero attached hydrogens (tertiary/aromatic N) is 5. The van der Waals surface area contributed by atoms with E-state index in [-0.39, 0.29) is 0 Å². The molecule has 0 saturated heterocycles. The van der Waals surface area contributed by atoms with Crippen LogP contribution in [0.5, 0.6) is 0 Å². The Kier molecular flexibility index (Phi) is 4.17. The maximum Gasteiger partial charge on any atom is 0.136 e. The summed E-state index contributed by atoms with van der Waals surface area (Å²) in [6.07, 6.45) is 3.69. The number of aromatic nitrogens is 3. The van der Waals surface area contributed by atoms with Crippen molar-refractivity contribution in [2.75, 3.05) is 25.5 Å². The highest BCUT2D eigenvalue weighted by Gasteiger charge is 2.22. The van der Waals surface area contributed by atoms with Crippen LogP contribution in [-0.4, -0.2) is 40.5 Å². The van der Waals surface area contributed by atoms with E-state index in [1.807, 2.05) is 14.1 Å². The first-order chi connectivity index (χ1) is 10.2. The van der Waals surface area contributed by atoms with Gasteiger partial charge in [0.05, 0.1) is 16.4 Å². The minimum absolute atomic E-state index is 0.905. The third kappa shape index (κ3) is 3.06. The van der Waals surface area contributed by atoms with Gasteiger partial charge >= 0.3 is 0 Å². The largest absolute Gasteiger partial charge is 0.362 e. The molecular formula is C15H21N5S. The molecule has 0 bridgehead atoms. The molecule has 112 valence electrons. The predicted molar refractivity (Wildman–Crippen MR) is 85.7 cm³/mol. The Hall–Kier alpha value is -1.53. The van der Waals surface area contributed by atoms with Crippen LogP contribution in [0, 0.1) is 0 Å². The van der Waals surface area contributed by atoms with E-state index in [1.165, 1.54) is 22.0 Å². The molecule has 2 aromatic rings. The fraction of sp³-hybridized carbons (Fsp3) is 0.533. The number of thiazole rings is 1. The van der Waals surface area contributed by atoms with Gasteiger partial charge in [0.15, 0.2) is 0 Å². The summed E-state index contributed by atoms with van der Waals surface area (Å²) in [5, 5.41) is 3.41. The van der Waals surface area contributed by atoms with Gasteiger partial charge in [0.1, 0.15) is 12.1 Å². The van der Waals surface area contributed by atoms with Crippen molar-refractivity contribution in [1.82, 2.24) is 19.9 Å². The first kappa shape index (κ1) is 14.4. The summed E-state index contributed by atoms with van der Waals surface area (Å²) in [5.74, 6) is 1.04. The molecule has 5 nitrogen and oxygen atoms in total. The van der Waals surface area contributed by atoms with Crippen LogP contribution in [0.4, 0.5) is 5.82 Å². The van der Waals surface area contributed by atoms with Crippen molar-refractivity contribution in [3.63, 3.8) is 0 Å². The van der Waals surface area contributed by atoms with E-state index in [9.17, 15) is 0 Å². The van der Waals surface area contributed by atoms with Crippen molar-refractivity contribution in [2.24, 2.45) is 0 Å². The first-order valence-corrected chi connectivity index (χ1v) is 8.21. The lowest BCUT2D eigenvalue weighted by atomic mass is 10.1. The van der Waals surface area contributed by atoms with Crippen LogP contribution in [-0.2, 0) is 25.9 Å². The van der Waals surface area contributed by atoms with Gasteiger partial charge in [0.25, 0.3) is 0 Å². The van der Waals surface area contributed by atoms with Crippen LogP contribution in [0.15, 0.2) is 11.7 Å². The number of anilines is 1. The van der Waals surface area contributed by atoms with Crippen LogP contribution in [0.1, 0.15) is 28.9 Å². The molecule has 21 heavy (non-hydrogen) atoms. The van der Waals surface area contributed by atoms with Gasteiger partial charge in [0.2, 0.25) is 0 Å². The molecule has 2 aromatic heterocycles. The summed E-state index contributed by atoms with van der Waals surface area (Å²) < 4.78 is 0. The Morgan fingerprint density at radius 1 is 1.33 bits per heavy atom.